The van der Waals surface area contributed by atoms with E-state index in [4.69, 9.17) is 4.74 Å². The zero-order chi connectivity index (χ0) is 13.8. The van der Waals surface area contributed by atoms with Crippen molar-refractivity contribution in [2.75, 3.05) is 0 Å². The lowest BCUT2D eigenvalue weighted by atomic mass is 10.2. The summed E-state index contributed by atoms with van der Waals surface area (Å²) in [6, 6.07) is 8.08. The minimum Gasteiger partial charge on any atom is -0.458 e. The van der Waals surface area contributed by atoms with E-state index >= 15 is 0 Å². The fraction of sp³-hybridized carbons (Fsp3) is 0.429. The van der Waals surface area contributed by atoms with Crippen molar-refractivity contribution in [1.82, 2.24) is 5.32 Å². The third kappa shape index (κ3) is 4.57. The predicted molar refractivity (Wildman–Crippen MR) is 69.2 cm³/mol. The Morgan fingerprint density at radius 3 is 2.22 bits per heavy atom. The molecular weight excluding hydrogens is 230 g/mol. The molecule has 4 heteroatoms. The number of hydrogen-bond donors (Lipinski definition) is 1. The van der Waals surface area contributed by atoms with Gasteiger partial charge in [-0.05, 0) is 39.8 Å². The number of ether oxygens (including phenoxy) is 1. The molecule has 1 unspecified atom stereocenters. The third-order valence-corrected chi connectivity index (χ3v) is 2.14. The van der Waals surface area contributed by atoms with Crippen LogP contribution in [0.5, 0.6) is 0 Å². The highest BCUT2D eigenvalue weighted by molar-refractivity contribution is 5.96. The minimum absolute atomic E-state index is 0.283. The molecule has 0 heterocycles. The van der Waals surface area contributed by atoms with E-state index in [1.807, 2.05) is 6.07 Å². The van der Waals surface area contributed by atoms with Gasteiger partial charge in [0.1, 0.15) is 11.6 Å². The van der Waals surface area contributed by atoms with Gasteiger partial charge in [-0.1, -0.05) is 18.2 Å². The Bertz CT molecular complexity index is 420. The maximum Gasteiger partial charge on any atom is 0.328 e. The molecule has 0 fully saturated rings. The van der Waals surface area contributed by atoms with Crippen molar-refractivity contribution in [2.45, 2.75) is 39.3 Å². The van der Waals surface area contributed by atoms with E-state index in [-0.39, 0.29) is 5.91 Å². The summed E-state index contributed by atoms with van der Waals surface area (Å²) in [5.74, 6) is -0.722. The van der Waals surface area contributed by atoms with Gasteiger partial charge in [0.25, 0.3) is 5.91 Å². The average molecular weight is 249 g/mol. The van der Waals surface area contributed by atoms with Gasteiger partial charge in [0.15, 0.2) is 0 Å². The van der Waals surface area contributed by atoms with Gasteiger partial charge in [-0.2, -0.15) is 0 Å². The van der Waals surface area contributed by atoms with Gasteiger partial charge in [0, 0.05) is 5.56 Å². The molecule has 0 saturated carbocycles. The van der Waals surface area contributed by atoms with Crippen molar-refractivity contribution < 1.29 is 14.3 Å². The van der Waals surface area contributed by atoms with Crippen molar-refractivity contribution >= 4 is 11.9 Å². The van der Waals surface area contributed by atoms with Gasteiger partial charge in [0.2, 0.25) is 0 Å². The summed E-state index contributed by atoms with van der Waals surface area (Å²) in [5.41, 5.74) is -0.0315. The molecule has 0 radical (unpaired) electrons. The molecule has 1 atom stereocenters. The first-order chi connectivity index (χ1) is 8.29. The normalized spacial score (nSPS) is 12.7. The molecule has 1 N–H and O–H groups in total. The molecule has 4 nitrogen and oxygen atoms in total. The van der Waals surface area contributed by atoms with E-state index in [1.165, 1.54) is 0 Å². The maximum atomic E-state index is 11.8. The van der Waals surface area contributed by atoms with E-state index in [2.05, 4.69) is 5.32 Å². The monoisotopic (exact) mass is 249 g/mol. The Hall–Kier alpha value is -1.84. The number of esters is 1. The van der Waals surface area contributed by atoms with E-state index in [0.717, 1.165) is 0 Å². The largest absolute Gasteiger partial charge is 0.458 e. The van der Waals surface area contributed by atoms with E-state index in [0.29, 0.717) is 5.56 Å². The van der Waals surface area contributed by atoms with Crippen molar-refractivity contribution in [1.29, 1.82) is 0 Å². The third-order valence-electron chi connectivity index (χ3n) is 2.14. The molecule has 1 aromatic rings. The molecule has 0 saturated heterocycles. The van der Waals surface area contributed by atoms with Gasteiger partial charge in [-0.25, -0.2) is 4.79 Å². The van der Waals surface area contributed by atoms with Crippen molar-refractivity contribution in [3.05, 3.63) is 35.9 Å². The molecule has 1 aromatic carbocycles. The summed E-state index contributed by atoms with van der Waals surface area (Å²) in [6.07, 6.45) is 0. The molecule has 0 bridgehead atoms. The van der Waals surface area contributed by atoms with Crippen LogP contribution in [0.15, 0.2) is 30.3 Å². The summed E-state index contributed by atoms with van der Waals surface area (Å²) < 4.78 is 5.18. The van der Waals surface area contributed by atoms with Crippen LogP contribution in [0, 0.1) is 0 Å². The SMILES string of the molecule is CC(NC(=O)c1ccccc1)C(=O)OC(C)(C)C. The average Bonchev–Trinajstić information content (AvgIpc) is 2.27. The Morgan fingerprint density at radius 1 is 1.17 bits per heavy atom. The molecule has 0 aliphatic rings. The van der Waals surface area contributed by atoms with E-state index in [9.17, 15) is 9.59 Å². The first-order valence-electron chi connectivity index (χ1n) is 5.88. The van der Waals surface area contributed by atoms with Gasteiger partial charge >= 0.3 is 5.97 Å². The summed E-state index contributed by atoms with van der Waals surface area (Å²) in [5, 5.41) is 2.61. The fourth-order valence-electron chi connectivity index (χ4n) is 1.32. The molecule has 0 aliphatic carbocycles. The fourth-order valence-corrected chi connectivity index (χ4v) is 1.32. The lowest BCUT2D eigenvalue weighted by Crippen LogP contribution is -2.42. The molecule has 0 aromatic heterocycles. The van der Waals surface area contributed by atoms with Crippen LogP contribution in [0.2, 0.25) is 0 Å². The second-order valence-corrected chi connectivity index (χ2v) is 5.09. The zero-order valence-electron chi connectivity index (χ0n) is 11.2. The lowest BCUT2D eigenvalue weighted by Gasteiger charge is -2.22. The van der Waals surface area contributed by atoms with E-state index < -0.39 is 17.6 Å². The Labute approximate surface area is 107 Å². The number of amides is 1. The van der Waals surface area contributed by atoms with Crippen LogP contribution in [0.4, 0.5) is 0 Å². The van der Waals surface area contributed by atoms with Gasteiger partial charge in [-0.15, -0.1) is 0 Å². The first-order valence-corrected chi connectivity index (χ1v) is 5.88. The Kier molecular flexibility index (Phi) is 4.48. The number of carbonyl (C=O) groups is 2. The molecule has 1 rings (SSSR count). The summed E-state index contributed by atoms with van der Waals surface area (Å²) in [7, 11) is 0. The topological polar surface area (TPSA) is 55.4 Å². The molecule has 0 aliphatic heterocycles. The predicted octanol–water partition coefficient (Wildman–Crippen LogP) is 2.15. The van der Waals surface area contributed by atoms with Crippen LogP contribution < -0.4 is 5.32 Å². The Balaban J connectivity index is 2.58. The van der Waals surface area contributed by atoms with Crippen LogP contribution in [-0.4, -0.2) is 23.5 Å². The molecule has 18 heavy (non-hydrogen) atoms. The zero-order valence-corrected chi connectivity index (χ0v) is 11.2. The molecule has 98 valence electrons. The van der Waals surface area contributed by atoms with Crippen molar-refractivity contribution in [3.8, 4) is 0 Å². The second kappa shape index (κ2) is 5.67. The lowest BCUT2D eigenvalue weighted by molar-refractivity contribution is -0.156. The Morgan fingerprint density at radius 2 is 1.72 bits per heavy atom. The number of benzene rings is 1. The maximum absolute atomic E-state index is 11.8. The van der Waals surface area contributed by atoms with Gasteiger partial charge < -0.3 is 10.1 Å². The summed E-state index contributed by atoms with van der Waals surface area (Å²) >= 11 is 0. The number of hydrogen-bond acceptors (Lipinski definition) is 3. The second-order valence-electron chi connectivity index (χ2n) is 5.09. The minimum atomic E-state index is -0.670. The number of rotatable bonds is 3. The van der Waals surface area contributed by atoms with E-state index in [1.54, 1.807) is 52.0 Å². The van der Waals surface area contributed by atoms with Crippen LogP contribution in [0.3, 0.4) is 0 Å². The highest BCUT2D eigenvalue weighted by Gasteiger charge is 2.23. The van der Waals surface area contributed by atoms with Crippen LogP contribution >= 0.6 is 0 Å². The quantitative estimate of drug-likeness (QED) is 0.835. The molecule has 0 spiro atoms. The summed E-state index contributed by atoms with van der Waals surface area (Å²) in [4.78, 5) is 23.5. The van der Waals surface area contributed by atoms with Crippen LogP contribution in [0.25, 0.3) is 0 Å². The van der Waals surface area contributed by atoms with Crippen LogP contribution in [-0.2, 0) is 9.53 Å². The highest BCUT2D eigenvalue weighted by atomic mass is 16.6. The number of carbonyl (C=O) groups excluding carboxylic acids is 2. The molecular formula is C14H19NO3. The standard InChI is InChI=1S/C14H19NO3/c1-10(13(17)18-14(2,3)4)15-12(16)11-8-6-5-7-9-11/h5-10H,1-4H3,(H,15,16). The van der Waals surface area contributed by atoms with Crippen LogP contribution in [0.1, 0.15) is 38.1 Å². The smallest absolute Gasteiger partial charge is 0.328 e. The van der Waals surface area contributed by atoms with Gasteiger partial charge in [-0.3, -0.25) is 4.79 Å². The number of nitrogens with one attached hydrogen (secondary N) is 1. The summed E-state index contributed by atoms with van der Waals surface area (Å²) in [6.45, 7) is 6.97. The van der Waals surface area contributed by atoms with Gasteiger partial charge in [0.05, 0.1) is 0 Å². The first kappa shape index (κ1) is 14.2. The molecule has 1 amide bonds. The van der Waals surface area contributed by atoms with Crippen molar-refractivity contribution in [2.24, 2.45) is 0 Å². The van der Waals surface area contributed by atoms with Crippen molar-refractivity contribution in [3.63, 3.8) is 0 Å². The highest BCUT2D eigenvalue weighted by Crippen LogP contribution is 2.08.